The van der Waals surface area contributed by atoms with Crippen LogP contribution in [0.5, 0.6) is 11.5 Å². The van der Waals surface area contributed by atoms with E-state index < -0.39 is 0 Å². The van der Waals surface area contributed by atoms with Crippen molar-refractivity contribution in [3.05, 3.63) is 107 Å². The van der Waals surface area contributed by atoms with Crippen LogP contribution < -0.4 is 9.47 Å². The monoisotopic (exact) mass is 394 g/mol. The Balaban J connectivity index is 1.62. The molecule has 0 aromatic heterocycles. The first-order chi connectivity index (χ1) is 14.7. The minimum Gasteiger partial charge on any atom is -0.493 e. The van der Waals surface area contributed by atoms with Gasteiger partial charge in [-0.2, -0.15) is 0 Å². The molecule has 2 nitrogen and oxygen atoms in total. The maximum Gasteiger partial charge on any atom is 0.161 e. The number of hydrogen-bond donors (Lipinski definition) is 0. The Morgan fingerprint density at radius 2 is 1.37 bits per heavy atom. The lowest BCUT2D eigenvalue weighted by molar-refractivity contribution is 0.355. The van der Waals surface area contributed by atoms with Crippen LogP contribution in [-0.2, 0) is 5.41 Å². The summed E-state index contributed by atoms with van der Waals surface area (Å²) in [6.07, 6.45) is 5.28. The van der Waals surface area contributed by atoms with Crippen LogP contribution in [0.1, 0.15) is 36.0 Å². The van der Waals surface area contributed by atoms with Crippen molar-refractivity contribution in [2.75, 3.05) is 14.2 Å². The number of rotatable bonds is 4. The Morgan fingerprint density at radius 1 is 0.733 bits per heavy atom. The second-order valence-electron chi connectivity index (χ2n) is 7.57. The highest BCUT2D eigenvalue weighted by Gasteiger charge is 2.35. The van der Waals surface area contributed by atoms with E-state index in [9.17, 15) is 0 Å². The van der Waals surface area contributed by atoms with Gasteiger partial charge in [0.05, 0.1) is 14.2 Å². The van der Waals surface area contributed by atoms with Crippen molar-refractivity contribution in [1.29, 1.82) is 0 Å². The molecule has 0 unspecified atom stereocenters. The average molecular weight is 395 g/mol. The van der Waals surface area contributed by atoms with Gasteiger partial charge in [0.25, 0.3) is 0 Å². The van der Waals surface area contributed by atoms with E-state index in [0.29, 0.717) is 5.75 Å². The highest BCUT2D eigenvalue weighted by molar-refractivity contribution is 5.51. The van der Waals surface area contributed by atoms with Gasteiger partial charge in [-0.1, -0.05) is 78.6 Å². The molecule has 150 valence electrons. The summed E-state index contributed by atoms with van der Waals surface area (Å²) in [7, 11) is 3.28. The number of allylic oxidation sites excluding steroid dienone is 2. The molecule has 0 bridgehead atoms. The lowest BCUT2D eigenvalue weighted by atomic mass is 9.66. The Hall–Kier alpha value is -3.44. The zero-order valence-corrected chi connectivity index (χ0v) is 17.5. The van der Waals surface area contributed by atoms with Crippen molar-refractivity contribution in [2.24, 2.45) is 0 Å². The molecule has 1 aliphatic carbocycles. The van der Waals surface area contributed by atoms with Crippen LogP contribution in [0.4, 0.5) is 0 Å². The normalized spacial score (nSPS) is 14.8. The van der Waals surface area contributed by atoms with Crippen LogP contribution in [0.25, 0.3) is 0 Å². The molecule has 1 aliphatic rings. The van der Waals surface area contributed by atoms with Crippen LogP contribution in [0, 0.1) is 11.8 Å². The van der Waals surface area contributed by atoms with E-state index in [1.807, 2.05) is 18.2 Å². The maximum absolute atomic E-state index is 5.39. The summed E-state index contributed by atoms with van der Waals surface area (Å²) >= 11 is 0. The van der Waals surface area contributed by atoms with E-state index in [0.717, 1.165) is 30.6 Å². The zero-order valence-electron chi connectivity index (χ0n) is 17.5. The van der Waals surface area contributed by atoms with E-state index in [1.54, 1.807) is 14.2 Å². The highest BCUT2D eigenvalue weighted by Crippen LogP contribution is 2.44. The topological polar surface area (TPSA) is 18.5 Å². The molecule has 2 heteroatoms. The third-order valence-electron chi connectivity index (χ3n) is 5.92. The average Bonchev–Trinajstić information content (AvgIpc) is 2.84. The van der Waals surface area contributed by atoms with Gasteiger partial charge in [-0.25, -0.2) is 0 Å². The first-order valence-corrected chi connectivity index (χ1v) is 10.3. The molecule has 0 radical (unpaired) electrons. The molecule has 0 atom stereocenters. The molecule has 3 aromatic rings. The number of hydrogen-bond acceptors (Lipinski definition) is 2. The quantitative estimate of drug-likeness (QED) is 0.494. The fourth-order valence-electron chi connectivity index (χ4n) is 4.23. The number of benzene rings is 3. The lowest BCUT2D eigenvalue weighted by Gasteiger charge is -2.37. The minimum absolute atomic E-state index is 0.0109. The van der Waals surface area contributed by atoms with E-state index >= 15 is 0 Å². The first-order valence-electron chi connectivity index (χ1n) is 10.3. The van der Waals surface area contributed by atoms with Gasteiger partial charge >= 0.3 is 0 Å². The molecule has 3 aromatic carbocycles. The van der Waals surface area contributed by atoms with Gasteiger partial charge in [-0.05, 0) is 54.2 Å². The van der Waals surface area contributed by atoms with Crippen LogP contribution in [0.3, 0.4) is 0 Å². The standard InChI is InChI=1S/C28H26O2/c1-29-26-16-15-23(21-27(26)30-2)14-13-22-17-19-28(20-18-22,24-9-5-3-6-10-24)25-11-7-4-8-12-25/h3-12,15-17,21H,18-20H2,1-2H3. The summed E-state index contributed by atoms with van der Waals surface area (Å²) in [5.41, 5.74) is 4.89. The molecule has 0 heterocycles. The molecular weight excluding hydrogens is 368 g/mol. The predicted octanol–water partition coefficient (Wildman–Crippen LogP) is 6.15. The van der Waals surface area contributed by atoms with Crippen LogP contribution >= 0.6 is 0 Å². The molecule has 0 fully saturated rings. The second kappa shape index (κ2) is 8.93. The van der Waals surface area contributed by atoms with Gasteiger partial charge in [0.2, 0.25) is 0 Å². The van der Waals surface area contributed by atoms with Crippen LogP contribution in [0.15, 0.2) is 90.5 Å². The van der Waals surface area contributed by atoms with Crippen molar-refractivity contribution < 1.29 is 9.47 Å². The highest BCUT2D eigenvalue weighted by atomic mass is 16.5. The summed E-state index contributed by atoms with van der Waals surface area (Å²) < 4.78 is 10.7. The van der Waals surface area contributed by atoms with Crippen molar-refractivity contribution in [3.8, 4) is 23.3 Å². The molecule has 0 saturated carbocycles. The Kier molecular flexibility index (Phi) is 5.91. The Morgan fingerprint density at radius 3 is 1.90 bits per heavy atom. The fraction of sp³-hybridized carbons (Fsp3) is 0.214. The molecule has 0 amide bonds. The first kappa shape index (κ1) is 19.9. The maximum atomic E-state index is 5.39. The molecule has 30 heavy (non-hydrogen) atoms. The lowest BCUT2D eigenvalue weighted by Crippen LogP contribution is -2.29. The summed E-state index contributed by atoms with van der Waals surface area (Å²) in [4.78, 5) is 0. The van der Waals surface area contributed by atoms with Gasteiger partial charge in [-0.3, -0.25) is 0 Å². The minimum atomic E-state index is 0.0109. The Bertz CT molecular complexity index is 1050. The van der Waals surface area contributed by atoms with E-state index in [4.69, 9.17) is 9.47 Å². The molecule has 0 aliphatic heterocycles. The van der Waals surface area contributed by atoms with Gasteiger partial charge in [0.1, 0.15) is 0 Å². The van der Waals surface area contributed by atoms with Crippen LogP contribution in [0.2, 0.25) is 0 Å². The number of methoxy groups -OCH3 is 2. The van der Waals surface area contributed by atoms with Crippen molar-refractivity contribution >= 4 is 0 Å². The number of ether oxygens (including phenoxy) is 2. The SMILES string of the molecule is COc1ccc(C#CC2=CCC(c3ccccc3)(c3ccccc3)CC2)cc1OC. The predicted molar refractivity (Wildman–Crippen MR) is 122 cm³/mol. The molecule has 0 N–H and O–H groups in total. The zero-order chi connectivity index (χ0) is 20.8. The molecule has 0 saturated heterocycles. The van der Waals surface area contributed by atoms with E-state index in [2.05, 4.69) is 78.6 Å². The van der Waals surface area contributed by atoms with E-state index in [1.165, 1.54) is 16.7 Å². The summed E-state index contributed by atoms with van der Waals surface area (Å²) in [5.74, 6) is 8.10. The molecular formula is C28H26O2. The van der Waals surface area contributed by atoms with Gasteiger partial charge in [0, 0.05) is 11.0 Å². The summed E-state index contributed by atoms with van der Waals surface area (Å²) in [5, 5.41) is 0. The van der Waals surface area contributed by atoms with Crippen molar-refractivity contribution in [3.63, 3.8) is 0 Å². The van der Waals surface area contributed by atoms with Crippen LogP contribution in [-0.4, -0.2) is 14.2 Å². The van der Waals surface area contributed by atoms with Gasteiger partial charge in [0.15, 0.2) is 11.5 Å². The Labute approximate surface area is 179 Å². The summed E-state index contributed by atoms with van der Waals surface area (Å²) in [6.45, 7) is 0. The van der Waals surface area contributed by atoms with Crippen molar-refractivity contribution in [1.82, 2.24) is 0 Å². The third-order valence-corrected chi connectivity index (χ3v) is 5.92. The smallest absolute Gasteiger partial charge is 0.161 e. The fourth-order valence-corrected chi connectivity index (χ4v) is 4.23. The molecule has 0 spiro atoms. The van der Waals surface area contributed by atoms with Gasteiger partial charge in [-0.15, -0.1) is 0 Å². The van der Waals surface area contributed by atoms with Crippen molar-refractivity contribution in [2.45, 2.75) is 24.7 Å². The van der Waals surface area contributed by atoms with Gasteiger partial charge < -0.3 is 9.47 Å². The third kappa shape index (κ3) is 3.98. The largest absolute Gasteiger partial charge is 0.493 e. The second-order valence-corrected chi connectivity index (χ2v) is 7.57. The molecule has 4 rings (SSSR count). The summed E-state index contributed by atoms with van der Waals surface area (Å²) in [6, 6.07) is 27.5. The van der Waals surface area contributed by atoms with E-state index in [-0.39, 0.29) is 5.41 Å².